The number of aliphatic hydroxyl groups excluding tert-OH is 1. The van der Waals surface area contributed by atoms with Gasteiger partial charge in [-0.3, -0.25) is 0 Å². The average Bonchev–Trinajstić information content (AvgIpc) is 2.53. The summed E-state index contributed by atoms with van der Waals surface area (Å²) in [6, 6.07) is 7.28. The first kappa shape index (κ1) is 15.5. The van der Waals surface area contributed by atoms with Crippen LogP contribution in [0.1, 0.15) is 67.5 Å². The van der Waals surface area contributed by atoms with Crippen LogP contribution in [0.2, 0.25) is 0 Å². The molecule has 3 rings (SSSR count). The Balaban J connectivity index is 1.86. The van der Waals surface area contributed by atoms with Gasteiger partial charge in [0.1, 0.15) is 0 Å². The van der Waals surface area contributed by atoms with E-state index in [2.05, 4.69) is 6.92 Å². The average molecular weight is 302 g/mol. The predicted molar refractivity (Wildman–Crippen MR) is 85.5 cm³/mol. The van der Waals surface area contributed by atoms with E-state index in [1.54, 1.807) is 12.1 Å². The molecule has 0 radical (unpaired) electrons. The van der Waals surface area contributed by atoms with Gasteiger partial charge in [-0.05, 0) is 55.2 Å². The molecule has 2 fully saturated rings. The molecule has 2 aliphatic rings. The summed E-state index contributed by atoms with van der Waals surface area (Å²) in [7, 11) is 1.38. The molecule has 0 heterocycles. The van der Waals surface area contributed by atoms with Gasteiger partial charge in [-0.15, -0.1) is 0 Å². The molecule has 22 heavy (non-hydrogen) atoms. The van der Waals surface area contributed by atoms with E-state index in [0.717, 1.165) is 5.56 Å². The Morgan fingerprint density at radius 2 is 1.64 bits per heavy atom. The van der Waals surface area contributed by atoms with Gasteiger partial charge in [-0.1, -0.05) is 31.9 Å². The Bertz CT molecular complexity index is 512. The first-order valence-electron chi connectivity index (χ1n) is 8.43. The minimum Gasteiger partial charge on any atom is -0.465 e. The van der Waals surface area contributed by atoms with Gasteiger partial charge in [-0.2, -0.15) is 0 Å². The standard InChI is InChI=1S/C19H26O3/c1-19(15-5-3-6-16(19)8-4-7-15)17(20)13-9-11-14(12-10-13)18(21)22-2/h9-12,15-17,20H,3-8H2,1-2H3. The molecule has 3 heteroatoms. The number of carbonyl (C=O) groups is 1. The second-order valence-electron chi connectivity index (χ2n) is 7.14. The van der Waals surface area contributed by atoms with Crippen LogP contribution >= 0.6 is 0 Å². The van der Waals surface area contributed by atoms with Crippen molar-refractivity contribution >= 4 is 5.97 Å². The highest BCUT2D eigenvalue weighted by molar-refractivity contribution is 5.89. The van der Waals surface area contributed by atoms with Crippen LogP contribution in [-0.4, -0.2) is 18.2 Å². The molecule has 1 atom stereocenters. The van der Waals surface area contributed by atoms with Crippen LogP contribution in [0.5, 0.6) is 0 Å². The molecule has 1 unspecified atom stereocenters. The van der Waals surface area contributed by atoms with E-state index in [9.17, 15) is 9.90 Å². The van der Waals surface area contributed by atoms with Gasteiger partial charge in [0.2, 0.25) is 0 Å². The van der Waals surface area contributed by atoms with Crippen LogP contribution in [0.25, 0.3) is 0 Å². The number of rotatable bonds is 3. The lowest BCUT2D eigenvalue weighted by molar-refractivity contribution is -0.102. The van der Waals surface area contributed by atoms with Crippen LogP contribution in [-0.2, 0) is 4.74 Å². The molecule has 120 valence electrons. The lowest BCUT2D eigenvalue weighted by Gasteiger charge is -2.53. The highest BCUT2D eigenvalue weighted by atomic mass is 16.5. The maximum atomic E-state index is 11.5. The molecule has 2 aliphatic carbocycles. The van der Waals surface area contributed by atoms with E-state index >= 15 is 0 Å². The Labute approximate surface area is 132 Å². The van der Waals surface area contributed by atoms with Crippen molar-refractivity contribution in [2.75, 3.05) is 7.11 Å². The van der Waals surface area contributed by atoms with E-state index in [-0.39, 0.29) is 11.4 Å². The molecule has 2 bridgehead atoms. The molecule has 3 nitrogen and oxygen atoms in total. The van der Waals surface area contributed by atoms with Crippen LogP contribution < -0.4 is 0 Å². The first-order valence-corrected chi connectivity index (χ1v) is 8.43. The van der Waals surface area contributed by atoms with Crippen molar-refractivity contribution in [3.05, 3.63) is 35.4 Å². The summed E-state index contributed by atoms with van der Waals surface area (Å²) in [5, 5.41) is 11.1. The fourth-order valence-electron chi connectivity index (χ4n) is 4.81. The normalized spacial score (nSPS) is 32.3. The van der Waals surface area contributed by atoms with Gasteiger partial charge in [0.05, 0.1) is 18.8 Å². The number of aliphatic hydroxyl groups is 1. The highest BCUT2D eigenvalue weighted by Gasteiger charge is 2.50. The number of methoxy groups -OCH3 is 1. The lowest BCUT2D eigenvalue weighted by atomic mass is 9.52. The topological polar surface area (TPSA) is 46.5 Å². The van der Waals surface area contributed by atoms with E-state index in [0.29, 0.717) is 17.4 Å². The van der Waals surface area contributed by atoms with Crippen LogP contribution in [0, 0.1) is 17.3 Å². The molecular formula is C19H26O3. The summed E-state index contributed by atoms with van der Waals surface area (Å²) in [6.45, 7) is 2.28. The molecule has 2 saturated carbocycles. The fourth-order valence-corrected chi connectivity index (χ4v) is 4.81. The number of hydrogen-bond donors (Lipinski definition) is 1. The third-order valence-electron chi connectivity index (χ3n) is 6.21. The van der Waals surface area contributed by atoms with Crippen molar-refractivity contribution < 1.29 is 14.6 Å². The summed E-state index contributed by atoms with van der Waals surface area (Å²) in [6.07, 6.45) is 7.12. The largest absolute Gasteiger partial charge is 0.465 e. The van der Waals surface area contributed by atoms with Gasteiger partial charge < -0.3 is 9.84 Å². The summed E-state index contributed by atoms with van der Waals surface area (Å²) >= 11 is 0. The molecule has 0 aliphatic heterocycles. The quantitative estimate of drug-likeness (QED) is 0.855. The smallest absolute Gasteiger partial charge is 0.337 e. The maximum Gasteiger partial charge on any atom is 0.337 e. The van der Waals surface area contributed by atoms with Crippen molar-refractivity contribution in [2.24, 2.45) is 17.3 Å². The first-order chi connectivity index (χ1) is 10.6. The molecule has 1 aromatic carbocycles. The number of hydrogen-bond acceptors (Lipinski definition) is 3. The van der Waals surface area contributed by atoms with Crippen molar-refractivity contribution in [1.82, 2.24) is 0 Å². The van der Waals surface area contributed by atoms with E-state index in [1.165, 1.54) is 45.6 Å². The Hall–Kier alpha value is -1.35. The van der Waals surface area contributed by atoms with Crippen molar-refractivity contribution in [3.63, 3.8) is 0 Å². The zero-order valence-corrected chi connectivity index (χ0v) is 13.5. The number of carbonyl (C=O) groups excluding carboxylic acids is 1. The molecule has 0 spiro atoms. The van der Waals surface area contributed by atoms with Crippen LogP contribution in [0.15, 0.2) is 24.3 Å². The maximum absolute atomic E-state index is 11.5. The van der Waals surface area contributed by atoms with Crippen molar-refractivity contribution in [3.8, 4) is 0 Å². The van der Waals surface area contributed by atoms with Gasteiger partial charge in [-0.25, -0.2) is 4.79 Å². The third-order valence-corrected chi connectivity index (χ3v) is 6.21. The summed E-state index contributed by atoms with van der Waals surface area (Å²) in [5.41, 5.74) is 1.44. The Kier molecular flexibility index (Phi) is 4.26. The second kappa shape index (κ2) is 6.04. The zero-order valence-electron chi connectivity index (χ0n) is 13.5. The van der Waals surface area contributed by atoms with E-state index < -0.39 is 6.10 Å². The van der Waals surface area contributed by atoms with E-state index in [4.69, 9.17) is 4.74 Å². The zero-order chi connectivity index (χ0) is 15.7. The number of benzene rings is 1. The summed E-state index contributed by atoms with van der Waals surface area (Å²) < 4.78 is 4.73. The minimum atomic E-state index is -0.449. The van der Waals surface area contributed by atoms with Gasteiger partial charge in [0.25, 0.3) is 0 Å². The van der Waals surface area contributed by atoms with Crippen molar-refractivity contribution in [1.29, 1.82) is 0 Å². The SMILES string of the molecule is COC(=O)c1ccc(C(O)C2(C)C3CCCC2CCC3)cc1. The van der Waals surface area contributed by atoms with Crippen molar-refractivity contribution in [2.45, 2.75) is 51.6 Å². The monoisotopic (exact) mass is 302 g/mol. The predicted octanol–water partition coefficient (Wildman–Crippen LogP) is 4.11. The number of fused-ring (bicyclic) bond motifs is 2. The number of esters is 1. The third kappa shape index (κ3) is 2.45. The molecule has 0 saturated heterocycles. The summed E-state index contributed by atoms with van der Waals surface area (Å²) in [4.78, 5) is 11.5. The van der Waals surface area contributed by atoms with E-state index in [1.807, 2.05) is 12.1 Å². The molecule has 0 aromatic heterocycles. The minimum absolute atomic E-state index is 0.0245. The van der Waals surface area contributed by atoms with Gasteiger partial charge in [0, 0.05) is 5.41 Å². The fraction of sp³-hybridized carbons (Fsp3) is 0.632. The van der Waals surface area contributed by atoms with Crippen LogP contribution in [0.3, 0.4) is 0 Å². The molecule has 1 aromatic rings. The Morgan fingerprint density at radius 1 is 1.14 bits per heavy atom. The number of ether oxygens (including phenoxy) is 1. The van der Waals surface area contributed by atoms with Gasteiger partial charge in [0.15, 0.2) is 0 Å². The Morgan fingerprint density at radius 3 is 2.09 bits per heavy atom. The molecular weight excluding hydrogens is 276 g/mol. The second-order valence-corrected chi connectivity index (χ2v) is 7.14. The summed E-state index contributed by atoms with van der Waals surface area (Å²) in [5.74, 6) is 0.910. The van der Waals surface area contributed by atoms with Gasteiger partial charge >= 0.3 is 5.97 Å². The highest BCUT2D eigenvalue weighted by Crippen LogP contribution is 2.58. The molecule has 0 amide bonds. The molecule has 1 N–H and O–H groups in total. The van der Waals surface area contributed by atoms with Crippen LogP contribution in [0.4, 0.5) is 0 Å². The lowest BCUT2D eigenvalue weighted by Crippen LogP contribution is -2.46.